The molecule has 2 rings (SSSR count). The smallest absolute Gasteiger partial charge is 0.408 e. The van der Waals surface area contributed by atoms with Crippen LogP contribution in [0.1, 0.15) is 13.0 Å². The summed E-state index contributed by atoms with van der Waals surface area (Å²) in [7, 11) is 1.53. The SMILES string of the molecule is CNC(=O)C(C)n1c(=O)oc2ccccc21. The van der Waals surface area contributed by atoms with Gasteiger partial charge in [0.2, 0.25) is 5.91 Å². The van der Waals surface area contributed by atoms with E-state index in [0.29, 0.717) is 11.1 Å². The van der Waals surface area contributed by atoms with Crippen molar-refractivity contribution in [2.24, 2.45) is 0 Å². The molecule has 0 fully saturated rings. The van der Waals surface area contributed by atoms with Crippen molar-refractivity contribution in [1.29, 1.82) is 0 Å². The number of hydrogen-bond acceptors (Lipinski definition) is 3. The molecule has 5 heteroatoms. The third-order valence-electron chi connectivity index (χ3n) is 2.53. The summed E-state index contributed by atoms with van der Waals surface area (Å²) in [6.45, 7) is 1.65. The molecule has 84 valence electrons. The summed E-state index contributed by atoms with van der Waals surface area (Å²) in [6.07, 6.45) is 0. The molecule has 1 N–H and O–H groups in total. The van der Waals surface area contributed by atoms with Gasteiger partial charge in [-0.25, -0.2) is 4.79 Å². The number of benzene rings is 1. The highest BCUT2D eigenvalue weighted by Gasteiger charge is 2.19. The molecule has 0 saturated carbocycles. The van der Waals surface area contributed by atoms with Crippen molar-refractivity contribution in [3.05, 3.63) is 34.8 Å². The van der Waals surface area contributed by atoms with Crippen LogP contribution in [-0.4, -0.2) is 17.5 Å². The van der Waals surface area contributed by atoms with Crippen LogP contribution in [0.25, 0.3) is 11.1 Å². The number of carbonyl (C=O) groups excluding carboxylic acids is 1. The summed E-state index contributed by atoms with van der Waals surface area (Å²) in [5.74, 6) is -0.744. The first-order valence-corrected chi connectivity index (χ1v) is 4.97. The quantitative estimate of drug-likeness (QED) is 0.817. The fourth-order valence-electron chi connectivity index (χ4n) is 1.68. The molecule has 0 aliphatic rings. The standard InChI is InChI=1S/C11H12N2O3/c1-7(10(14)12-2)13-8-5-3-4-6-9(8)16-11(13)15/h3-7H,1-2H3,(H,12,14). The third-order valence-corrected chi connectivity index (χ3v) is 2.53. The van der Waals surface area contributed by atoms with E-state index in [1.165, 1.54) is 11.6 Å². The predicted molar refractivity (Wildman–Crippen MR) is 59.3 cm³/mol. The number of nitrogens with zero attached hydrogens (tertiary/aromatic N) is 1. The summed E-state index contributed by atoms with van der Waals surface area (Å²) in [6, 6.07) is 6.44. The number of hydrogen-bond donors (Lipinski definition) is 1. The first-order chi connectivity index (χ1) is 7.65. The van der Waals surface area contributed by atoms with Gasteiger partial charge in [0.25, 0.3) is 0 Å². The van der Waals surface area contributed by atoms with E-state index >= 15 is 0 Å². The first kappa shape index (κ1) is 10.5. The summed E-state index contributed by atoms with van der Waals surface area (Å²) < 4.78 is 6.38. The summed E-state index contributed by atoms with van der Waals surface area (Å²) >= 11 is 0. The molecule has 0 aliphatic heterocycles. The Morgan fingerprint density at radius 1 is 1.44 bits per heavy atom. The Balaban J connectivity index is 2.64. The molecule has 5 nitrogen and oxygen atoms in total. The molecule has 0 aliphatic carbocycles. The van der Waals surface area contributed by atoms with Gasteiger partial charge in [0.15, 0.2) is 5.58 Å². The zero-order valence-electron chi connectivity index (χ0n) is 9.06. The Bertz CT molecular complexity index is 582. The van der Waals surface area contributed by atoms with Gasteiger partial charge in [0.05, 0.1) is 5.52 Å². The maximum atomic E-state index is 11.6. The minimum Gasteiger partial charge on any atom is -0.408 e. The topological polar surface area (TPSA) is 64.2 Å². The van der Waals surface area contributed by atoms with Crippen molar-refractivity contribution in [3.8, 4) is 0 Å². The zero-order chi connectivity index (χ0) is 11.7. The lowest BCUT2D eigenvalue weighted by Gasteiger charge is -2.10. The van der Waals surface area contributed by atoms with Gasteiger partial charge < -0.3 is 9.73 Å². The van der Waals surface area contributed by atoms with Gasteiger partial charge in [0, 0.05) is 7.05 Å². The van der Waals surface area contributed by atoms with Gasteiger partial charge in [-0.15, -0.1) is 0 Å². The van der Waals surface area contributed by atoms with E-state index in [2.05, 4.69) is 5.32 Å². The van der Waals surface area contributed by atoms with Crippen LogP contribution >= 0.6 is 0 Å². The van der Waals surface area contributed by atoms with Gasteiger partial charge in [0.1, 0.15) is 6.04 Å². The lowest BCUT2D eigenvalue weighted by atomic mass is 10.2. The van der Waals surface area contributed by atoms with Crippen molar-refractivity contribution in [2.75, 3.05) is 7.05 Å². The van der Waals surface area contributed by atoms with Crippen molar-refractivity contribution in [2.45, 2.75) is 13.0 Å². The molecule has 1 atom stereocenters. The molecule has 1 aromatic heterocycles. The van der Waals surface area contributed by atoms with Gasteiger partial charge in [-0.3, -0.25) is 9.36 Å². The highest BCUT2D eigenvalue weighted by Crippen LogP contribution is 2.16. The fourth-order valence-corrected chi connectivity index (χ4v) is 1.68. The van der Waals surface area contributed by atoms with Gasteiger partial charge in [-0.1, -0.05) is 12.1 Å². The zero-order valence-corrected chi connectivity index (χ0v) is 9.06. The largest absolute Gasteiger partial charge is 0.420 e. The van der Waals surface area contributed by atoms with Crippen LogP contribution < -0.4 is 11.1 Å². The molecule has 2 aromatic rings. The highest BCUT2D eigenvalue weighted by molar-refractivity contribution is 5.82. The van der Waals surface area contributed by atoms with Crippen molar-refractivity contribution in [3.63, 3.8) is 0 Å². The normalized spacial score (nSPS) is 12.6. The van der Waals surface area contributed by atoms with E-state index < -0.39 is 11.8 Å². The minimum absolute atomic E-state index is 0.228. The number of amides is 1. The maximum Gasteiger partial charge on any atom is 0.420 e. The summed E-state index contributed by atoms with van der Waals surface area (Å²) in [4.78, 5) is 23.1. The minimum atomic E-state index is -0.582. The van der Waals surface area contributed by atoms with E-state index in [0.717, 1.165) is 0 Å². The van der Waals surface area contributed by atoms with E-state index in [1.54, 1.807) is 31.2 Å². The van der Waals surface area contributed by atoms with Crippen LogP contribution in [-0.2, 0) is 4.79 Å². The van der Waals surface area contributed by atoms with Crippen LogP contribution in [0.3, 0.4) is 0 Å². The lowest BCUT2D eigenvalue weighted by Crippen LogP contribution is -2.32. The van der Waals surface area contributed by atoms with Crippen LogP contribution in [0, 0.1) is 0 Å². The first-order valence-electron chi connectivity index (χ1n) is 4.97. The molecule has 0 bridgehead atoms. The third kappa shape index (κ3) is 1.50. The Morgan fingerprint density at radius 3 is 2.81 bits per heavy atom. The summed E-state index contributed by atoms with van der Waals surface area (Å²) in [5, 5.41) is 2.50. The second kappa shape index (κ2) is 3.84. The number of fused-ring (bicyclic) bond motifs is 1. The number of likely N-dealkylation sites (N-methyl/N-ethyl adjacent to an activating group) is 1. The number of para-hydroxylation sites is 2. The van der Waals surface area contributed by atoms with Crippen molar-refractivity contribution in [1.82, 2.24) is 9.88 Å². The molecule has 0 radical (unpaired) electrons. The maximum absolute atomic E-state index is 11.6. The van der Waals surface area contributed by atoms with E-state index in [1.807, 2.05) is 0 Å². The molecule has 0 saturated heterocycles. The van der Waals surface area contributed by atoms with Crippen molar-refractivity contribution >= 4 is 17.0 Å². The monoisotopic (exact) mass is 220 g/mol. The molecule has 1 amide bonds. The molecule has 1 aromatic carbocycles. The van der Waals surface area contributed by atoms with E-state index in [9.17, 15) is 9.59 Å². The average molecular weight is 220 g/mol. The highest BCUT2D eigenvalue weighted by atomic mass is 16.4. The second-order valence-electron chi connectivity index (χ2n) is 3.50. The van der Waals surface area contributed by atoms with Gasteiger partial charge >= 0.3 is 5.76 Å². The number of carbonyl (C=O) groups is 1. The number of rotatable bonds is 2. The van der Waals surface area contributed by atoms with Crippen LogP contribution in [0.2, 0.25) is 0 Å². The van der Waals surface area contributed by atoms with Gasteiger partial charge in [-0.05, 0) is 19.1 Å². The number of nitrogens with one attached hydrogen (secondary N) is 1. The predicted octanol–water partition coefficient (Wildman–Crippen LogP) is 0.901. The molecular weight excluding hydrogens is 208 g/mol. The average Bonchev–Trinajstić information content (AvgIpc) is 2.63. The fraction of sp³-hybridized carbons (Fsp3) is 0.273. The Hall–Kier alpha value is -2.04. The Morgan fingerprint density at radius 2 is 2.12 bits per heavy atom. The molecular formula is C11H12N2O3. The number of aromatic nitrogens is 1. The lowest BCUT2D eigenvalue weighted by molar-refractivity contribution is -0.123. The van der Waals surface area contributed by atoms with Crippen LogP contribution in [0.4, 0.5) is 0 Å². The van der Waals surface area contributed by atoms with E-state index in [-0.39, 0.29) is 5.91 Å². The van der Waals surface area contributed by atoms with Crippen LogP contribution in [0.15, 0.2) is 33.5 Å². The van der Waals surface area contributed by atoms with Gasteiger partial charge in [-0.2, -0.15) is 0 Å². The van der Waals surface area contributed by atoms with Crippen molar-refractivity contribution < 1.29 is 9.21 Å². The molecule has 1 heterocycles. The molecule has 0 spiro atoms. The summed E-state index contributed by atoms with van der Waals surface area (Å²) in [5.41, 5.74) is 1.12. The van der Waals surface area contributed by atoms with E-state index in [4.69, 9.17) is 4.42 Å². The second-order valence-corrected chi connectivity index (χ2v) is 3.50. The molecule has 16 heavy (non-hydrogen) atoms. The molecule has 1 unspecified atom stereocenters. The Kier molecular flexibility index (Phi) is 2.52. The Labute approximate surface area is 91.7 Å². The van der Waals surface area contributed by atoms with Crippen LogP contribution in [0.5, 0.6) is 0 Å². The number of oxazole rings is 1.